The minimum absolute atomic E-state index is 0.878. The van der Waals surface area contributed by atoms with Crippen LogP contribution in [0.2, 0.25) is 0 Å². The summed E-state index contributed by atoms with van der Waals surface area (Å²) in [6, 6.07) is 0. The topological polar surface area (TPSA) is 21.3 Å². The second kappa shape index (κ2) is 11.9. The monoisotopic (exact) mass is 187 g/mol. The van der Waals surface area contributed by atoms with E-state index in [9.17, 15) is 0 Å². The van der Waals surface area contributed by atoms with Gasteiger partial charge in [-0.15, -0.1) is 0 Å². The van der Waals surface area contributed by atoms with Crippen LogP contribution in [0.15, 0.2) is 0 Å². The molecule has 2 heteroatoms. The van der Waals surface area contributed by atoms with Crippen molar-refractivity contribution in [3.63, 3.8) is 0 Å². The molecule has 80 valence electrons. The summed E-state index contributed by atoms with van der Waals surface area (Å²) in [5, 5.41) is 3.42. The van der Waals surface area contributed by atoms with Crippen LogP contribution < -0.4 is 5.32 Å². The maximum atomic E-state index is 4.96. The smallest absolute Gasteiger partial charge is 0.0474 e. The molecule has 0 unspecified atom stereocenters. The highest BCUT2D eigenvalue weighted by Crippen LogP contribution is 2.00. The van der Waals surface area contributed by atoms with Crippen molar-refractivity contribution in [2.75, 3.05) is 26.8 Å². The molecule has 0 atom stereocenters. The summed E-state index contributed by atoms with van der Waals surface area (Å²) in [6.45, 7) is 5.40. The summed E-state index contributed by atoms with van der Waals surface area (Å²) in [7, 11) is 1.75. The van der Waals surface area contributed by atoms with Crippen molar-refractivity contribution in [3.05, 3.63) is 0 Å². The van der Waals surface area contributed by atoms with Crippen molar-refractivity contribution in [3.8, 4) is 0 Å². The maximum Gasteiger partial charge on any atom is 0.0474 e. The van der Waals surface area contributed by atoms with E-state index in [0.717, 1.165) is 19.6 Å². The lowest BCUT2D eigenvalue weighted by atomic mass is 10.1. The fraction of sp³-hybridized carbons (Fsp3) is 1.00. The van der Waals surface area contributed by atoms with Crippen LogP contribution in [0.5, 0.6) is 0 Å². The largest absolute Gasteiger partial charge is 0.385 e. The SMILES string of the molecule is CCCCCCCNCCCOC. The third-order valence-corrected chi connectivity index (χ3v) is 2.16. The van der Waals surface area contributed by atoms with Gasteiger partial charge in [0.05, 0.1) is 0 Å². The van der Waals surface area contributed by atoms with Gasteiger partial charge in [-0.1, -0.05) is 32.6 Å². The molecule has 0 aliphatic heterocycles. The second-order valence-electron chi connectivity index (χ2n) is 3.51. The van der Waals surface area contributed by atoms with Gasteiger partial charge in [0.2, 0.25) is 0 Å². The normalized spacial score (nSPS) is 10.6. The molecule has 0 aromatic rings. The molecule has 13 heavy (non-hydrogen) atoms. The number of hydrogen-bond acceptors (Lipinski definition) is 2. The third kappa shape index (κ3) is 11.9. The number of rotatable bonds is 10. The number of ether oxygens (including phenoxy) is 1. The summed E-state index contributed by atoms with van der Waals surface area (Å²) in [5.41, 5.74) is 0. The molecule has 0 rings (SSSR count). The molecule has 0 spiro atoms. The standard InChI is InChI=1S/C11H25NO/c1-3-4-5-6-7-9-12-10-8-11-13-2/h12H,3-11H2,1-2H3. The van der Waals surface area contributed by atoms with Gasteiger partial charge in [0.15, 0.2) is 0 Å². The Bertz CT molecular complexity index is 76.2. The first kappa shape index (κ1) is 12.9. The maximum absolute atomic E-state index is 4.96. The van der Waals surface area contributed by atoms with E-state index < -0.39 is 0 Å². The Morgan fingerprint density at radius 1 is 0.923 bits per heavy atom. The minimum Gasteiger partial charge on any atom is -0.385 e. The zero-order chi connectivity index (χ0) is 9.78. The lowest BCUT2D eigenvalue weighted by Crippen LogP contribution is -2.17. The average molecular weight is 187 g/mol. The molecule has 0 aliphatic carbocycles. The predicted octanol–water partition coefficient (Wildman–Crippen LogP) is 2.58. The number of methoxy groups -OCH3 is 1. The van der Waals surface area contributed by atoms with Crippen molar-refractivity contribution in [1.82, 2.24) is 5.32 Å². The molecule has 1 N–H and O–H groups in total. The molecular weight excluding hydrogens is 162 g/mol. The van der Waals surface area contributed by atoms with Gasteiger partial charge in [-0.3, -0.25) is 0 Å². The highest BCUT2D eigenvalue weighted by Gasteiger charge is 1.89. The van der Waals surface area contributed by atoms with E-state index in [2.05, 4.69) is 12.2 Å². The molecule has 0 aromatic heterocycles. The first-order valence-electron chi connectivity index (χ1n) is 5.61. The van der Waals surface area contributed by atoms with E-state index in [4.69, 9.17) is 4.74 Å². The minimum atomic E-state index is 0.878. The van der Waals surface area contributed by atoms with Crippen molar-refractivity contribution in [2.24, 2.45) is 0 Å². The summed E-state index contributed by atoms with van der Waals surface area (Å²) in [4.78, 5) is 0. The van der Waals surface area contributed by atoms with Crippen LogP contribution in [0.3, 0.4) is 0 Å². The van der Waals surface area contributed by atoms with Crippen LogP contribution in [0.25, 0.3) is 0 Å². The lowest BCUT2D eigenvalue weighted by Gasteiger charge is -2.03. The van der Waals surface area contributed by atoms with Crippen LogP contribution in [0.4, 0.5) is 0 Å². The first-order valence-corrected chi connectivity index (χ1v) is 5.61. The third-order valence-electron chi connectivity index (χ3n) is 2.16. The van der Waals surface area contributed by atoms with E-state index in [1.807, 2.05) is 0 Å². The van der Waals surface area contributed by atoms with Gasteiger partial charge < -0.3 is 10.1 Å². The first-order chi connectivity index (χ1) is 6.41. The molecule has 0 fully saturated rings. The van der Waals surface area contributed by atoms with Crippen molar-refractivity contribution < 1.29 is 4.74 Å². The summed E-state index contributed by atoms with van der Waals surface area (Å²) >= 11 is 0. The zero-order valence-electron chi connectivity index (χ0n) is 9.27. The van der Waals surface area contributed by atoms with Gasteiger partial charge in [0.25, 0.3) is 0 Å². The average Bonchev–Trinajstić information content (AvgIpc) is 2.16. The van der Waals surface area contributed by atoms with E-state index in [1.165, 1.54) is 38.6 Å². The van der Waals surface area contributed by atoms with Gasteiger partial charge in [-0.05, 0) is 25.9 Å². The van der Waals surface area contributed by atoms with E-state index in [1.54, 1.807) is 7.11 Å². The van der Waals surface area contributed by atoms with E-state index in [0.29, 0.717) is 0 Å². The zero-order valence-corrected chi connectivity index (χ0v) is 9.27. The fourth-order valence-electron chi connectivity index (χ4n) is 1.32. The Hall–Kier alpha value is -0.0800. The number of unbranched alkanes of at least 4 members (excludes halogenated alkanes) is 4. The van der Waals surface area contributed by atoms with Gasteiger partial charge in [0.1, 0.15) is 0 Å². The van der Waals surface area contributed by atoms with Crippen LogP contribution in [-0.4, -0.2) is 26.8 Å². The highest BCUT2D eigenvalue weighted by atomic mass is 16.5. The molecule has 0 saturated heterocycles. The summed E-state index contributed by atoms with van der Waals surface area (Å²) < 4.78 is 4.96. The molecule has 0 aromatic carbocycles. The number of hydrogen-bond donors (Lipinski definition) is 1. The number of nitrogens with one attached hydrogen (secondary N) is 1. The quantitative estimate of drug-likeness (QED) is 0.531. The van der Waals surface area contributed by atoms with Crippen molar-refractivity contribution >= 4 is 0 Å². The molecular formula is C11H25NO. The van der Waals surface area contributed by atoms with Crippen LogP contribution in [-0.2, 0) is 4.74 Å². The molecule has 0 radical (unpaired) electrons. The summed E-state index contributed by atoms with van der Waals surface area (Å²) in [5.74, 6) is 0. The van der Waals surface area contributed by atoms with Crippen molar-refractivity contribution in [1.29, 1.82) is 0 Å². The highest BCUT2D eigenvalue weighted by molar-refractivity contribution is 4.49. The van der Waals surface area contributed by atoms with E-state index in [-0.39, 0.29) is 0 Å². The van der Waals surface area contributed by atoms with Crippen molar-refractivity contribution in [2.45, 2.75) is 45.4 Å². The Morgan fingerprint density at radius 2 is 1.62 bits per heavy atom. The molecule has 0 saturated carbocycles. The molecule has 0 aliphatic rings. The molecule has 0 heterocycles. The van der Waals surface area contributed by atoms with Crippen LogP contribution in [0, 0.1) is 0 Å². The molecule has 0 amide bonds. The molecule has 0 bridgehead atoms. The molecule has 2 nitrogen and oxygen atoms in total. The van der Waals surface area contributed by atoms with Crippen LogP contribution in [0.1, 0.15) is 45.4 Å². The summed E-state index contributed by atoms with van der Waals surface area (Å²) in [6.07, 6.45) is 7.96. The van der Waals surface area contributed by atoms with Gasteiger partial charge >= 0.3 is 0 Å². The van der Waals surface area contributed by atoms with Gasteiger partial charge in [-0.2, -0.15) is 0 Å². The second-order valence-corrected chi connectivity index (χ2v) is 3.51. The predicted molar refractivity (Wildman–Crippen MR) is 58.1 cm³/mol. The van der Waals surface area contributed by atoms with Crippen LogP contribution >= 0.6 is 0 Å². The van der Waals surface area contributed by atoms with Gasteiger partial charge in [0, 0.05) is 13.7 Å². The Balaban J connectivity index is 2.76. The van der Waals surface area contributed by atoms with Gasteiger partial charge in [-0.25, -0.2) is 0 Å². The van der Waals surface area contributed by atoms with E-state index >= 15 is 0 Å². The lowest BCUT2D eigenvalue weighted by molar-refractivity contribution is 0.194. The fourth-order valence-corrected chi connectivity index (χ4v) is 1.32. The Labute approximate surface area is 83.1 Å². The Morgan fingerprint density at radius 3 is 2.31 bits per heavy atom. The Kier molecular flexibility index (Phi) is 11.8.